The molecule has 0 saturated carbocycles. The Labute approximate surface area is 175 Å². The maximum absolute atomic E-state index is 6.28. The summed E-state index contributed by atoms with van der Waals surface area (Å²) in [6.45, 7) is 10.5. The van der Waals surface area contributed by atoms with Crippen molar-refractivity contribution in [3.63, 3.8) is 0 Å². The summed E-state index contributed by atoms with van der Waals surface area (Å²) in [5.41, 5.74) is 1.13. The van der Waals surface area contributed by atoms with E-state index in [0.29, 0.717) is 5.92 Å². The largest absolute Gasteiger partial charge is 0.357 e. The van der Waals surface area contributed by atoms with Gasteiger partial charge >= 0.3 is 0 Å². The molecule has 1 aliphatic rings. The summed E-state index contributed by atoms with van der Waals surface area (Å²) in [4.78, 5) is 9.59. The average Bonchev–Trinajstić information content (AvgIpc) is 3.01. The average molecular weight is 479 g/mol. The molecule has 1 heterocycles. The summed E-state index contributed by atoms with van der Waals surface area (Å²) >= 11 is 6.28. The van der Waals surface area contributed by atoms with Gasteiger partial charge in [0.05, 0.1) is 0 Å². The lowest BCUT2D eigenvalue weighted by atomic mass is 10.1. The Morgan fingerprint density at radius 2 is 2.12 bits per heavy atom. The first kappa shape index (κ1) is 22.5. The van der Waals surface area contributed by atoms with E-state index >= 15 is 0 Å². The lowest BCUT2D eigenvalue weighted by Crippen LogP contribution is -2.39. The van der Waals surface area contributed by atoms with Crippen LogP contribution < -0.4 is 5.32 Å². The van der Waals surface area contributed by atoms with E-state index in [9.17, 15) is 0 Å². The minimum atomic E-state index is 0. The first-order chi connectivity index (χ1) is 11.6. The van der Waals surface area contributed by atoms with Gasteiger partial charge in [0.2, 0.25) is 0 Å². The number of likely N-dealkylation sites (tertiary alicyclic amines) is 1. The Hall–Kier alpha value is -0.530. The minimum absolute atomic E-state index is 0. The molecule has 0 spiro atoms. The lowest BCUT2D eigenvalue weighted by molar-refractivity contribution is 0.326. The van der Waals surface area contributed by atoms with Crippen LogP contribution in [0.3, 0.4) is 0 Å². The quantitative estimate of drug-likeness (QED) is 0.364. The van der Waals surface area contributed by atoms with Crippen molar-refractivity contribution in [3.8, 4) is 0 Å². The standard InChI is InChI=1S/C19H31ClN4.HI/c1-4-11-24-12-10-16(14-24)13-22-19(21-5-2)23(3)15-17-8-6-7-9-18(17)20;/h6-9,16H,4-5,10-15H2,1-3H3,(H,21,22);1H. The van der Waals surface area contributed by atoms with Crippen molar-refractivity contribution in [1.29, 1.82) is 0 Å². The van der Waals surface area contributed by atoms with E-state index in [1.807, 2.05) is 18.2 Å². The normalized spacial score (nSPS) is 18.1. The number of rotatable bonds is 7. The minimum Gasteiger partial charge on any atom is -0.357 e. The number of aliphatic imine (C=N–C) groups is 1. The molecule has 4 nitrogen and oxygen atoms in total. The SMILES string of the molecule is CCCN1CCC(CN=C(NCC)N(C)Cc2ccccc2Cl)C1.I. The Morgan fingerprint density at radius 1 is 1.36 bits per heavy atom. The molecule has 1 atom stereocenters. The topological polar surface area (TPSA) is 30.9 Å². The number of nitrogens with one attached hydrogen (secondary N) is 1. The Morgan fingerprint density at radius 3 is 2.80 bits per heavy atom. The fourth-order valence-corrected chi connectivity index (χ4v) is 3.42. The van der Waals surface area contributed by atoms with Crippen LogP contribution >= 0.6 is 35.6 Å². The zero-order chi connectivity index (χ0) is 17.4. The lowest BCUT2D eigenvalue weighted by Gasteiger charge is -2.23. The molecule has 1 aromatic carbocycles. The summed E-state index contributed by atoms with van der Waals surface area (Å²) in [5, 5.41) is 4.21. The zero-order valence-electron chi connectivity index (χ0n) is 15.7. The van der Waals surface area contributed by atoms with E-state index < -0.39 is 0 Å². The Kier molecular flexibility index (Phi) is 10.8. The van der Waals surface area contributed by atoms with Gasteiger partial charge < -0.3 is 15.1 Å². The summed E-state index contributed by atoms with van der Waals surface area (Å²) in [6, 6.07) is 8.00. The highest BCUT2D eigenvalue weighted by atomic mass is 127. The molecule has 2 rings (SSSR count). The number of hydrogen-bond acceptors (Lipinski definition) is 2. The number of halogens is 2. The van der Waals surface area contributed by atoms with Crippen molar-refractivity contribution in [2.75, 3.05) is 39.8 Å². The van der Waals surface area contributed by atoms with Crippen LogP contribution in [0.15, 0.2) is 29.3 Å². The van der Waals surface area contributed by atoms with Gasteiger partial charge in [-0.15, -0.1) is 24.0 Å². The molecule has 1 aromatic rings. The van der Waals surface area contributed by atoms with Crippen molar-refractivity contribution in [1.82, 2.24) is 15.1 Å². The first-order valence-electron chi connectivity index (χ1n) is 9.09. The zero-order valence-corrected chi connectivity index (χ0v) is 18.8. The molecular formula is C19H32ClIN4. The van der Waals surface area contributed by atoms with Gasteiger partial charge in [-0.05, 0) is 50.4 Å². The van der Waals surface area contributed by atoms with Gasteiger partial charge in [0.25, 0.3) is 0 Å². The Balaban J connectivity index is 0.00000312. The van der Waals surface area contributed by atoms with Crippen molar-refractivity contribution >= 4 is 41.5 Å². The van der Waals surface area contributed by atoms with Crippen molar-refractivity contribution in [2.24, 2.45) is 10.9 Å². The first-order valence-corrected chi connectivity index (χ1v) is 9.47. The summed E-state index contributed by atoms with van der Waals surface area (Å²) in [6.07, 6.45) is 2.50. The summed E-state index contributed by atoms with van der Waals surface area (Å²) in [7, 11) is 2.07. The van der Waals surface area contributed by atoms with E-state index in [4.69, 9.17) is 16.6 Å². The molecule has 0 aliphatic carbocycles. The van der Waals surface area contributed by atoms with Crippen LogP contribution in [0, 0.1) is 5.92 Å². The van der Waals surface area contributed by atoms with Crippen LogP contribution in [0.4, 0.5) is 0 Å². The van der Waals surface area contributed by atoms with Crippen molar-refractivity contribution in [3.05, 3.63) is 34.9 Å². The molecule has 142 valence electrons. The van der Waals surface area contributed by atoms with E-state index in [1.54, 1.807) is 0 Å². The van der Waals surface area contributed by atoms with Crippen LogP contribution in [-0.2, 0) is 6.54 Å². The molecule has 1 unspecified atom stereocenters. The van der Waals surface area contributed by atoms with E-state index in [-0.39, 0.29) is 24.0 Å². The maximum atomic E-state index is 6.28. The molecule has 0 bridgehead atoms. The molecule has 1 N–H and O–H groups in total. The Bertz CT molecular complexity index is 538. The predicted octanol–water partition coefficient (Wildman–Crippen LogP) is 4.09. The second-order valence-electron chi connectivity index (χ2n) is 6.60. The third-order valence-electron chi connectivity index (χ3n) is 4.47. The van der Waals surface area contributed by atoms with E-state index in [0.717, 1.165) is 36.2 Å². The molecular weight excluding hydrogens is 447 g/mol. The number of guanidine groups is 1. The van der Waals surface area contributed by atoms with Gasteiger partial charge in [-0.1, -0.05) is 36.7 Å². The second-order valence-corrected chi connectivity index (χ2v) is 7.00. The number of hydrogen-bond donors (Lipinski definition) is 1. The van der Waals surface area contributed by atoms with Gasteiger partial charge in [0.15, 0.2) is 5.96 Å². The predicted molar refractivity (Wildman–Crippen MR) is 119 cm³/mol. The van der Waals surface area contributed by atoms with Crippen molar-refractivity contribution in [2.45, 2.75) is 33.2 Å². The fraction of sp³-hybridized carbons (Fsp3) is 0.632. The van der Waals surface area contributed by atoms with Crippen LogP contribution in [-0.4, -0.2) is 55.5 Å². The fourth-order valence-electron chi connectivity index (χ4n) is 3.22. The van der Waals surface area contributed by atoms with Gasteiger partial charge in [0.1, 0.15) is 0 Å². The van der Waals surface area contributed by atoms with Gasteiger partial charge in [-0.2, -0.15) is 0 Å². The maximum Gasteiger partial charge on any atom is 0.193 e. The van der Waals surface area contributed by atoms with Crippen LogP contribution in [0.2, 0.25) is 5.02 Å². The molecule has 1 saturated heterocycles. The molecule has 1 fully saturated rings. The molecule has 0 radical (unpaired) electrons. The second kappa shape index (κ2) is 12.0. The van der Waals surface area contributed by atoms with Crippen LogP contribution in [0.5, 0.6) is 0 Å². The van der Waals surface area contributed by atoms with Gasteiger partial charge in [0, 0.05) is 38.2 Å². The highest BCUT2D eigenvalue weighted by Crippen LogP contribution is 2.18. The number of benzene rings is 1. The summed E-state index contributed by atoms with van der Waals surface area (Å²) < 4.78 is 0. The van der Waals surface area contributed by atoms with Gasteiger partial charge in [-0.3, -0.25) is 4.99 Å². The third kappa shape index (κ3) is 7.31. The third-order valence-corrected chi connectivity index (χ3v) is 4.84. The summed E-state index contributed by atoms with van der Waals surface area (Å²) in [5.74, 6) is 1.64. The molecule has 0 amide bonds. The van der Waals surface area contributed by atoms with E-state index in [1.165, 1.54) is 32.5 Å². The molecule has 1 aliphatic heterocycles. The van der Waals surface area contributed by atoms with Crippen LogP contribution in [0.1, 0.15) is 32.3 Å². The highest BCUT2D eigenvalue weighted by molar-refractivity contribution is 14.0. The molecule has 6 heteroatoms. The van der Waals surface area contributed by atoms with Crippen molar-refractivity contribution < 1.29 is 0 Å². The smallest absolute Gasteiger partial charge is 0.193 e. The van der Waals surface area contributed by atoms with Crippen LogP contribution in [0.25, 0.3) is 0 Å². The highest BCUT2D eigenvalue weighted by Gasteiger charge is 2.21. The van der Waals surface area contributed by atoms with E-state index in [2.05, 4.69) is 42.1 Å². The monoisotopic (exact) mass is 478 g/mol. The van der Waals surface area contributed by atoms with Gasteiger partial charge in [-0.25, -0.2) is 0 Å². The molecule has 25 heavy (non-hydrogen) atoms. The number of nitrogens with zero attached hydrogens (tertiary/aromatic N) is 3. The molecule has 0 aromatic heterocycles.